The molecule has 0 bridgehead atoms. The third-order valence-electron chi connectivity index (χ3n) is 3.34. The minimum absolute atomic E-state index is 0.159. The van der Waals surface area contributed by atoms with Crippen molar-refractivity contribution in [1.82, 2.24) is 0 Å². The van der Waals surface area contributed by atoms with Gasteiger partial charge in [0.25, 0.3) is 0 Å². The molecule has 0 heterocycles. The molecule has 1 aliphatic rings. The van der Waals surface area contributed by atoms with Gasteiger partial charge >= 0.3 is 5.97 Å². The molecule has 20 heavy (non-hydrogen) atoms. The number of allylic oxidation sites excluding steroid dienone is 3. The summed E-state index contributed by atoms with van der Waals surface area (Å²) >= 11 is 0. The summed E-state index contributed by atoms with van der Waals surface area (Å²) in [7, 11) is 1.39. The largest absolute Gasteiger partial charge is 0.494 e. The van der Waals surface area contributed by atoms with Crippen LogP contribution in [0, 0.1) is 17.2 Å². The lowest BCUT2D eigenvalue weighted by Crippen LogP contribution is -2.20. The second-order valence-corrected chi connectivity index (χ2v) is 5.00. The van der Waals surface area contributed by atoms with Crippen molar-refractivity contribution in [3.63, 3.8) is 0 Å². The summed E-state index contributed by atoms with van der Waals surface area (Å²) in [5.74, 6) is -2.51. The first-order chi connectivity index (χ1) is 9.42. The van der Waals surface area contributed by atoms with Crippen LogP contribution < -0.4 is 0 Å². The monoisotopic (exact) mass is 279 g/mol. The number of Topliss-reactive ketones (excluding diaryl/α,β-unsaturated/α-hetero) is 1. The van der Waals surface area contributed by atoms with Gasteiger partial charge in [0.05, 0.1) is 13.0 Å². The lowest BCUT2D eigenvalue weighted by atomic mass is 10.0. The summed E-state index contributed by atoms with van der Waals surface area (Å²) < 4.78 is 5.07. The van der Waals surface area contributed by atoms with E-state index < -0.39 is 23.6 Å². The number of carboxylic acid groups (broad SMARTS) is 1. The molecule has 0 saturated heterocycles. The van der Waals surface area contributed by atoms with Crippen LogP contribution in [0.5, 0.6) is 0 Å². The maximum atomic E-state index is 12.0. The molecule has 1 fully saturated rings. The first-order valence-electron chi connectivity index (χ1n) is 6.71. The average molecular weight is 279 g/mol. The maximum absolute atomic E-state index is 12.0. The zero-order chi connectivity index (χ0) is 15.3. The highest BCUT2D eigenvalue weighted by molar-refractivity contribution is 6.45. The van der Waals surface area contributed by atoms with Gasteiger partial charge in [-0.25, -0.2) is 0 Å². The Morgan fingerprint density at radius 3 is 2.55 bits per heavy atom. The van der Waals surface area contributed by atoms with E-state index in [0.29, 0.717) is 6.42 Å². The molecule has 0 amide bonds. The molecule has 1 saturated carbocycles. The quantitative estimate of drug-likeness (QED) is 0.386. The Hall–Kier alpha value is -1.91. The Labute approximate surface area is 118 Å². The smallest absolute Gasteiger partial charge is 0.307 e. The number of rotatable bonds is 9. The predicted molar refractivity (Wildman–Crippen MR) is 75.7 cm³/mol. The Kier molecular flexibility index (Phi) is 5.67. The van der Waals surface area contributed by atoms with Crippen molar-refractivity contribution in [2.24, 2.45) is 11.8 Å². The highest BCUT2D eigenvalue weighted by Gasteiger charge is 2.49. The third kappa shape index (κ3) is 4.05. The lowest BCUT2D eigenvalue weighted by Gasteiger charge is -2.08. The van der Waals surface area contributed by atoms with Gasteiger partial charge in [-0.05, 0) is 25.3 Å². The summed E-state index contributed by atoms with van der Waals surface area (Å²) in [6, 6.07) is 0. The molecule has 2 atom stereocenters. The zero-order valence-corrected chi connectivity index (χ0v) is 11.9. The van der Waals surface area contributed by atoms with Crippen LogP contribution in [0.4, 0.5) is 0 Å². The van der Waals surface area contributed by atoms with E-state index in [1.165, 1.54) is 7.11 Å². The fourth-order valence-corrected chi connectivity index (χ4v) is 1.96. The Morgan fingerprint density at radius 1 is 1.45 bits per heavy atom. The summed E-state index contributed by atoms with van der Waals surface area (Å²) in [5, 5.41) is 16.7. The molecular formula is C15H21NO4. The predicted octanol–water partition coefficient (Wildman–Crippen LogP) is 2.57. The van der Waals surface area contributed by atoms with Crippen LogP contribution in [0.3, 0.4) is 0 Å². The van der Waals surface area contributed by atoms with Crippen molar-refractivity contribution in [2.45, 2.75) is 32.6 Å². The topological polar surface area (TPSA) is 87.5 Å². The molecule has 0 aliphatic heterocycles. The summed E-state index contributed by atoms with van der Waals surface area (Å²) in [6.07, 6.45) is 4.70. The van der Waals surface area contributed by atoms with E-state index in [1.54, 1.807) is 6.08 Å². The third-order valence-corrected chi connectivity index (χ3v) is 3.34. The molecule has 0 spiro atoms. The maximum Gasteiger partial charge on any atom is 0.307 e. The molecule has 0 radical (unpaired) electrons. The summed E-state index contributed by atoms with van der Waals surface area (Å²) in [6.45, 7) is 5.94. The van der Waals surface area contributed by atoms with E-state index in [-0.39, 0.29) is 11.5 Å². The van der Waals surface area contributed by atoms with Gasteiger partial charge in [-0.15, -0.1) is 0 Å². The van der Waals surface area contributed by atoms with Gasteiger partial charge in [0, 0.05) is 5.92 Å². The fraction of sp³-hybridized carbons (Fsp3) is 0.533. The number of hydrogen-bond acceptors (Lipinski definition) is 4. The number of ketones is 1. The number of carboxylic acids is 1. The molecule has 2 N–H and O–H groups in total. The number of unbranched alkanes of at least 4 members (excludes halogenated alkanes) is 1. The summed E-state index contributed by atoms with van der Waals surface area (Å²) in [5.41, 5.74) is 0.533. The van der Waals surface area contributed by atoms with Crippen molar-refractivity contribution in [2.75, 3.05) is 7.11 Å². The van der Waals surface area contributed by atoms with E-state index in [4.69, 9.17) is 15.3 Å². The van der Waals surface area contributed by atoms with E-state index in [1.807, 2.05) is 0 Å². The van der Waals surface area contributed by atoms with Crippen molar-refractivity contribution in [1.29, 1.82) is 5.41 Å². The van der Waals surface area contributed by atoms with Crippen molar-refractivity contribution < 1.29 is 19.4 Å². The molecule has 0 aromatic heterocycles. The normalized spacial score (nSPS) is 21.2. The van der Waals surface area contributed by atoms with Crippen molar-refractivity contribution in [3.8, 4) is 0 Å². The van der Waals surface area contributed by atoms with Crippen LogP contribution in [0.1, 0.15) is 32.6 Å². The Bertz CT molecular complexity index is 464. The van der Waals surface area contributed by atoms with Gasteiger partial charge < -0.3 is 9.84 Å². The zero-order valence-electron chi connectivity index (χ0n) is 11.9. The van der Waals surface area contributed by atoms with Gasteiger partial charge in [0.15, 0.2) is 5.78 Å². The standard InChI is InChI=1S/C15H21NO4/c1-4-5-6-9(2)7-12(20-3)13(16)14(17)10-8-11(10)15(18)19/h7,10-11,16H,2,4-6,8H2,1,3H3,(H,18,19)/b12-7+,16-13?. The van der Waals surface area contributed by atoms with Crippen LogP contribution in [0.15, 0.2) is 24.0 Å². The number of hydrogen-bond donors (Lipinski definition) is 2. The van der Waals surface area contributed by atoms with Gasteiger partial charge in [-0.1, -0.05) is 25.5 Å². The van der Waals surface area contributed by atoms with E-state index in [2.05, 4.69) is 13.5 Å². The molecule has 0 aromatic carbocycles. The molecular weight excluding hydrogens is 258 g/mol. The van der Waals surface area contributed by atoms with Crippen LogP contribution in [0.25, 0.3) is 0 Å². The second-order valence-electron chi connectivity index (χ2n) is 5.00. The van der Waals surface area contributed by atoms with Crippen molar-refractivity contribution in [3.05, 3.63) is 24.0 Å². The average Bonchev–Trinajstić information content (AvgIpc) is 3.21. The van der Waals surface area contributed by atoms with Gasteiger partial charge in [0.2, 0.25) is 0 Å². The van der Waals surface area contributed by atoms with Gasteiger partial charge in [-0.2, -0.15) is 0 Å². The number of methoxy groups -OCH3 is 1. The molecule has 5 heteroatoms. The van der Waals surface area contributed by atoms with Crippen LogP contribution in [-0.2, 0) is 14.3 Å². The number of aliphatic carboxylic acids is 1. The van der Waals surface area contributed by atoms with Crippen LogP contribution in [0.2, 0.25) is 0 Å². The number of carbonyl (C=O) groups excluding carboxylic acids is 1. The van der Waals surface area contributed by atoms with Crippen molar-refractivity contribution >= 4 is 17.5 Å². The number of carbonyl (C=O) groups is 2. The minimum Gasteiger partial charge on any atom is -0.494 e. The van der Waals surface area contributed by atoms with Crippen LogP contribution >= 0.6 is 0 Å². The molecule has 2 unspecified atom stereocenters. The number of ether oxygens (including phenoxy) is 1. The van der Waals surface area contributed by atoms with Gasteiger partial charge in [-0.3, -0.25) is 15.0 Å². The van der Waals surface area contributed by atoms with Crippen LogP contribution in [-0.4, -0.2) is 29.7 Å². The first-order valence-corrected chi connectivity index (χ1v) is 6.71. The second kappa shape index (κ2) is 7.03. The molecule has 0 aromatic rings. The molecule has 110 valence electrons. The van der Waals surface area contributed by atoms with E-state index >= 15 is 0 Å². The van der Waals surface area contributed by atoms with E-state index in [9.17, 15) is 9.59 Å². The summed E-state index contributed by atoms with van der Waals surface area (Å²) in [4.78, 5) is 22.7. The SMILES string of the molecule is C=C(/C=C(/OC)C(=N)C(=O)C1CC1C(=O)O)CCCC. The first kappa shape index (κ1) is 16.1. The highest BCUT2D eigenvalue weighted by Crippen LogP contribution is 2.40. The van der Waals surface area contributed by atoms with Gasteiger partial charge in [0.1, 0.15) is 11.5 Å². The molecule has 5 nitrogen and oxygen atoms in total. The Morgan fingerprint density at radius 2 is 2.10 bits per heavy atom. The minimum atomic E-state index is -0.980. The molecule has 1 aliphatic carbocycles. The lowest BCUT2D eigenvalue weighted by molar-refractivity contribution is -0.139. The highest BCUT2D eigenvalue weighted by atomic mass is 16.5. The number of nitrogens with one attached hydrogen (secondary N) is 1. The Balaban J connectivity index is 2.68. The molecule has 1 rings (SSSR count). The fourth-order valence-electron chi connectivity index (χ4n) is 1.96. The van der Waals surface area contributed by atoms with E-state index in [0.717, 1.165) is 24.8 Å².